The van der Waals surface area contributed by atoms with Gasteiger partial charge in [0.1, 0.15) is 16.7 Å². The third-order valence-corrected chi connectivity index (χ3v) is 4.41. The molecule has 1 N–H and O–H groups in total. The van der Waals surface area contributed by atoms with E-state index >= 15 is 0 Å². The van der Waals surface area contributed by atoms with Crippen LogP contribution in [0.3, 0.4) is 0 Å². The summed E-state index contributed by atoms with van der Waals surface area (Å²) in [4.78, 5) is 23.8. The molecule has 1 unspecified atom stereocenters. The van der Waals surface area contributed by atoms with Crippen LogP contribution in [0.1, 0.15) is 16.8 Å². The van der Waals surface area contributed by atoms with Gasteiger partial charge in [-0.05, 0) is 30.3 Å². The minimum Gasteiger partial charge on any atom is -0.480 e. The summed E-state index contributed by atoms with van der Waals surface area (Å²) in [6, 6.07) is 14.5. The second kappa shape index (κ2) is 5.61. The number of benzene rings is 2. The van der Waals surface area contributed by atoms with Gasteiger partial charge in [-0.2, -0.15) is 0 Å². The molecule has 1 aliphatic heterocycles. The topological polar surface area (TPSA) is 63.6 Å². The van der Waals surface area contributed by atoms with Crippen molar-refractivity contribution in [3.05, 3.63) is 54.1 Å². The Morgan fingerprint density at radius 2 is 1.90 bits per heavy atom. The van der Waals surface area contributed by atoms with Crippen LogP contribution in [0.25, 0.3) is 0 Å². The Morgan fingerprint density at radius 3 is 2.62 bits per heavy atom. The molecule has 2 aromatic rings. The summed E-state index contributed by atoms with van der Waals surface area (Å²) in [6.07, 6.45) is 0.0157. The van der Waals surface area contributed by atoms with E-state index in [2.05, 4.69) is 0 Å². The molecule has 0 fully saturated rings. The first-order valence-corrected chi connectivity index (χ1v) is 7.31. The van der Waals surface area contributed by atoms with Gasteiger partial charge < -0.3 is 9.84 Å². The first-order chi connectivity index (χ1) is 10.1. The van der Waals surface area contributed by atoms with Crippen LogP contribution in [-0.4, -0.2) is 22.1 Å². The third-order valence-electron chi connectivity index (χ3n) is 3.15. The van der Waals surface area contributed by atoms with Crippen molar-refractivity contribution >= 4 is 23.5 Å². The van der Waals surface area contributed by atoms with E-state index in [1.807, 2.05) is 30.3 Å². The molecule has 2 aromatic carbocycles. The van der Waals surface area contributed by atoms with E-state index in [4.69, 9.17) is 9.84 Å². The van der Waals surface area contributed by atoms with E-state index in [-0.39, 0.29) is 12.2 Å². The quantitative estimate of drug-likeness (QED) is 0.938. The molecule has 0 spiro atoms. The molecule has 5 heteroatoms. The van der Waals surface area contributed by atoms with Crippen LogP contribution >= 0.6 is 11.8 Å². The van der Waals surface area contributed by atoms with Gasteiger partial charge in [-0.1, -0.05) is 18.2 Å². The molecule has 1 aliphatic rings. The standard InChI is InChI=1S/C16H12O4S/c17-13-9-15(16(18)19)21-14-7-6-11(8-12(13)14)20-10-4-2-1-3-5-10/h1-8,15H,9H2,(H,18,19). The van der Waals surface area contributed by atoms with Crippen LogP contribution in [0, 0.1) is 0 Å². The number of rotatable bonds is 3. The fraction of sp³-hybridized carbons (Fsp3) is 0.125. The van der Waals surface area contributed by atoms with Crippen LogP contribution in [0.5, 0.6) is 11.5 Å². The molecule has 21 heavy (non-hydrogen) atoms. The van der Waals surface area contributed by atoms with E-state index in [0.717, 1.165) is 0 Å². The number of aliphatic carboxylic acids is 1. The fourth-order valence-corrected chi connectivity index (χ4v) is 3.22. The van der Waals surface area contributed by atoms with Crippen LogP contribution in [0.2, 0.25) is 0 Å². The predicted molar refractivity (Wildman–Crippen MR) is 79.2 cm³/mol. The van der Waals surface area contributed by atoms with Gasteiger partial charge in [-0.15, -0.1) is 11.8 Å². The van der Waals surface area contributed by atoms with E-state index in [0.29, 0.717) is 22.0 Å². The Labute approximate surface area is 125 Å². The summed E-state index contributed by atoms with van der Waals surface area (Å²) in [5.74, 6) is 0.151. The third kappa shape index (κ3) is 2.92. The van der Waals surface area contributed by atoms with Crippen LogP contribution in [0.4, 0.5) is 0 Å². The van der Waals surface area contributed by atoms with Crippen molar-refractivity contribution in [2.75, 3.05) is 0 Å². The number of thioether (sulfide) groups is 1. The number of Topliss-reactive ketones (excluding diaryl/α,β-unsaturated/α-hetero) is 1. The summed E-state index contributed by atoms with van der Waals surface area (Å²) in [7, 11) is 0. The Morgan fingerprint density at radius 1 is 1.14 bits per heavy atom. The second-order valence-corrected chi connectivity index (χ2v) is 5.89. The number of fused-ring (bicyclic) bond motifs is 1. The molecule has 106 valence electrons. The number of carbonyl (C=O) groups excluding carboxylic acids is 1. The number of carbonyl (C=O) groups is 2. The maximum Gasteiger partial charge on any atom is 0.317 e. The van der Waals surface area contributed by atoms with Gasteiger partial charge in [0.2, 0.25) is 0 Å². The molecule has 3 rings (SSSR count). The molecular formula is C16H12O4S. The lowest BCUT2D eigenvalue weighted by Gasteiger charge is -2.20. The van der Waals surface area contributed by atoms with Gasteiger partial charge in [-0.25, -0.2) is 0 Å². The first kappa shape index (κ1) is 13.7. The monoisotopic (exact) mass is 300 g/mol. The number of carboxylic acid groups (broad SMARTS) is 1. The highest BCUT2D eigenvalue weighted by Gasteiger charge is 2.30. The minimum atomic E-state index is -0.955. The lowest BCUT2D eigenvalue weighted by molar-refractivity contribution is -0.136. The Kier molecular flexibility index (Phi) is 3.66. The number of hydrogen-bond acceptors (Lipinski definition) is 4. The van der Waals surface area contributed by atoms with E-state index < -0.39 is 11.2 Å². The van der Waals surface area contributed by atoms with Crippen LogP contribution in [0.15, 0.2) is 53.4 Å². The smallest absolute Gasteiger partial charge is 0.317 e. The Hall–Kier alpha value is -2.27. The first-order valence-electron chi connectivity index (χ1n) is 6.43. The molecule has 0 saturated heterocycles. The predicted octanol–water partition coefficient (Wildman–Crippen LogP) is 3.61. The summed E-state index contributed by atoms with van der Waals surface area (Å²) in [5.41, 5.74) is 0.533. The Balaban J connectivity index is 1.87. The van der Waals surface area contributed by atoms with Crippen molar-refractivity contribution in [2.24, 2.45) is 0 Å². The van der Waals surface area contributed by atoms with Gasteiger partial charge >= 0.3 is 5.97 Å². The lowest BCUT2D eigenvalue weighted by Crippen LogP contribution is -2.24. The molecule has 1 heterocycles. The molecule has 4 nitrogen and oxygen atoms in total. The van der Waals surface area contributed by atoms with Crippen molar-refractivity contribution in [2.45, 2.75) is 16.6 Å². The van der Waals surface area contributed by atoms with Crippen molar-refractivity contribution in [3.63, 3.8) is 0 Å². The number of carboxylic acids is 1. The molecule has 0 saturated carbocycles. The average molecular weight is 300 g/mol. The average Bonchev–Trinajstić information content (AvgIpc) is 2.48. The molecule has 0 aliphatic carbocycles. The highest BCUT2D eigenvalue weighted by Crippen LogP contribution is 2.37. The molecule has 0 aromatic heterocycles. The second-order valence-electron chi connectivity index (χ2n) is 4.65. The summed E-state index contributed by atoms with van der Waals surface area (Å²) in [6.45, 7) is 0. The fourth-order valence-electron chi connectivity index (χ4n) is 2.13. The SMILES string of the molecule is O=C1CC(C(=O)O)Sc2ccc(Oc3ccccc3)cc21. The number of para-hydroxylation sites is 1. The highest BCUT2D eigenvalue weighted by molar-refractivity contribution is 8.00. The maximum absolute atomic E-state index is 12.1. The van der Waals surface area contributed by atoms with E-state index in [1.165, 1.54) is 11.8 Å². The Bertz CT molecular complexity index is 697. The zero-order valence-electron chi connectivity index (χ0n) is 11.0. The van der Waals surface area contributed by atoms with Gasteiger partial charge in [0.05, 0.1) is 0 Å². The normalized spacial score (nSPS) is 17.1. The summed E-state index contributed by atoms with van der Waals surface area (Å²) >= 11 is 1.21. The molecule has 0 radical (unpaired) electrons. The maximum atomic E-state index is 12.1. The summed E-state index contributed by atoms with van der Waals surface area (Å²) < 4.78 is 5.69. The molecular weight excluding hydrogens is 288 g/mol. The molecule has 0 amide bonds. The molecule has 1 atom stereocenters. The van der Waals surface area contributed by atoms with Gasteiger partial charge in [0.15, 0.2) is 5.78 Å². The van der Waals surface area contributed by atoms with Crippen molar-refractivity contribution < 1.29 is 19.4 Å². The van der Waals surface area contributed by atoms with Gasteiger partial charge in [-0.3, -0.25) is 9.59 Å². The number of hydrogen-bond donors (Lipinski definition) is 1. The van der Waals surface area contributed by atoms with Crippen LogP contribution < -0.4 is 4.74 Å². The minimum absolute atomic E-state index is 0.0157. The summed E-state index contributed by atoms with van der Waals surface area (Å²) in [5, 5.41) is 8.33. The highest BCUT2D eigenvalue weighted by atomic mass is 32.2. The molecule has 0 bridgehead atoms. The van der Waals surface area contributed by atoms with Crippen LogP contribution in [-0.2, 0) is 4.79 Å². The van der Waals surface area contributed by atoms with Crippen molar-refractivity contribution in [1.29, 1.82) is 0 Å². The van der Waals surface area contributed by atoms with Gasteiger partial charge in [0.25, 0.3) is 0 Å². The lowest BCUT2D eigenvalue weighted by atomic mass is 10.1. The largest absolute Gasteiger partial charge is 0.480 e. The van der Waals surface area contributed by atoms with Crippen molar-refractivity contribution in [1.82, 2.24) is 0 Å². The zero-order valence-corrected chi connectivity index (χ0v) is 11.8. The zero-order chi connectivity index (χ0) is 14.8. The van der Waals surface area contributed by atoms with Crippen molar-refractivity contribution in [3.8, 4) is 11.5 Å². The number of ketones is 1. The van der Waals surface area contributed by atoms with Gasteiger partial charge in [0, 0.05) is 16.9 Å². The van der Waals surface area contributed by atoms with E-state index in [9.17, 15) is 9.59 Å². The van der Waals surface area contributed by atoms with E-state index in [1.54, 1.807) is 18.2 Å². The number of ether oxygens (including phenoxy) is 1.